The molecule has 0 saturated heterocycles. The largest absolute Gasteiger partial charge is 0.390 e. The predicted molar refractivity (Wildman–Crippen MR) is 54.7 cm³/mol. The summed E-state index contributed by atoms with van der Waals surface area (Å²) in [5, 5.41) is 10.3. The number of pyridine rings is 1. The van der Waals surface area contributed by atoms with E-state index in [0.717, 1.165) is 16.6 Å². The number of rotatable bonds is 3. The van der Waals surface area contributed by atoms with Crippen molar-refractivity contribution in [2.45, 2.75) is 13.2 Å². The van der Waals surface area contributed by atoms with Gasteiger partial charge in [0.1, 0.15) is 0 Å². The van der Waals surface area contributed by atoms with E-state index in [1.807, 2.05) is 16.7 Å². The van der Waals surface area contributed by atoms with Crippen molar-refractivity contribution in [2.24, 2.45) is 5.73 Å². The molecule has 2 aromatic heterocycles. The minimum atomic E-state index is 0.0364. The minimum absolute atomic E-state index is 0.0364. The van der Waals surface area contributed by atoms with E-state index in [1.54, 1.807) is 12.4 Å². The molecule has 2 aromatic rings. The van der Waals surface area contributed by atoms with Crippen LogP contribution in [-0.4, -0.2) is 21.2 Å². The van der Waals surface area contributed by atoms with E-state index in [9.17, 15) is 0 Å². The highest BCUT2D eigenvalue weighted by Gasteiger charge is 2.06. The number of aromatic nitrogens is 2. The van der Waals surface area contributed by atoms with Crippen LogP contribution in [0.25, 0.3) is 10.9 Å². The number of hydrogen-bond acceptors (Lipinski definition) is 3. The molecule has 4 heteroatoms. The molecule has 0 unspecified atom stereocenters. The summed E-state index contributed by atoms with van der Waals surface area (Å²) >= 11 is 0. The van der Waals surface area contributed by atoms with Crippen LogP contribution < -0.4 is 5.73 Å². The maximum absolute atomic E-state index is 9.16. The summed E-state index contributed by atoms with van der Waals surface area (Å²) in [6.45, 7) is 1.31. The van der Waals surface area contributed by atoms with Gasteiger partial charge in [0, 0.05) is 30.4 Å². The third-order valence-electron chi connectivity index (χ3n) is 2.31. The summed E-state index contributed by atoms with van der Waals surface area (Å²) in [6.07, 6.45) is 3.54. The molecule has 0 atom stereocenters. The molecule has 0 bridgehead atoms. The third kappa shape index (κ3) is 1.38. The maximum atomic E-state index is 9.16. The Morgan fingerprint density at radius 1 is 1.50 bits per heavy atom. The van der Waals surface area contributed by atoms with E-state index in [-0.39, 0.29) is 6.61 Å². The number of fused-ring (bicyclic) bond motifs is 1. The second kappa shape index (κ2) is 3.77. The number of hydrogen-bond donors (Lipinski definition) is 2. The van der Waals surface area contributed by atoms with Crippen LogP contribution in [0.5, 0.6) is 0 Å². The molecule has 0 aliphatic heterocycles. The van der Waals surface area contributed by atoms with E-state index in [4.69, 9.17) is 10.8 Å². The lowest BCUT2D eigenvalue weighted by molar-refractivity contribution is 0.271. The first-order valence-corrected chi connectivity index (χ1v) is 4.60. The smallest absolute Gasteiger partial charge is 0.0833 e. The van der Waals surface area contributed by atoms with Crippen molar-refractivity contribution in [1.82, 2.24) is 9.55 Å². The molecular weight excluding hydrogens is 178 g/mol. The Hall–Kier alpha value is -1.39. The topological polar surface area (TPSA) is 64.1 Å². The van der Waals surface area contributed by atoms with Crippen LogP contribution in [0.15, 0.2) is 24.5 Å². The van der Waals surface area contributed by atoms with E-state index in [1.165, 1.54) is 0 Å². The quantitative estimate of drug-likeness (QED) is 0.742. The van der Waals surface area contributed by atoms with Crippen molar-refractivity contribution >= 4 is 10.9 Å². The van der Waals surface area contributed by atoms with Gasteiger partial charge < -0.3 is 15.4 Å². The number of nitrogens with zero attached hydrogens (tertiary/aromatic N) is 2. The molecule has 3 N–H and O–H groups in total. The summed E-state index contributed by atoms with van der Waals surface area (Å²) < 4.78 is 2.00. The van der Waals surface area contributed by atoms with Gasteiger partial charge in [-0.25, -0.2) is 0 Å². The lowest BCUT2D eigenvalue weighted by atomic mass is 10.3. The van der Waals surface area contributed by atoms with Crippen molar-refractivity contribution in [3.63, 3.8) is 0 Å². The van der Waals surface area contributed by atoms with Crippen molar-refractivity contribution in [2.75, 3.05) is 6.54 Å². The lowest BCUT2D eigenvalue weighted by Gasteiger charge is -2.06. The first-order valence-electron chi connectivity index (χ1n) is 4.60. The zero-order valence-electron chi connectivity index (χ0n) is 7.85. The summed E-state index contributed by atoms with van der Waals surface area (Å²) in [6, 6.07) is 3.90. The molecule has 2 rings (SSSR count). The van der Waals surface area contributed by atoms with Crippen LogP contribution in [0.1, 0.15) is 5.69 Å². The predicted octanol–water partition coefficient (Wildman–Crippen LogP) is 0.487. The molecule has 0 aliphatic carbocycles. The molecule has 4 nitrogen and oxygen atoms in total. The molecule has 0 aliphatic rings. The van der Waals surface area contributed by atoms with Gasteiger partial charge >= 0.3 is 0 Å². The van der Waals surface area contributed by atoms with E-state index in [0.29, 0.717) is 13.1 Å². The number of aliphatic hydroxyl groups excluding tert-OH is 1. The van der Waals surface area contributed by atoms with Crippen LogP contribution >= 0.6 is 0 Å². The number of nitrogens with two attached hydrogens (primary N) is 1. The fourth-order valence-corrected chi connectivity index (χ4v) is 1.68. The molecule has 0 radical (unpaired) electrons. The molecule has 0 aromatic carbocycles. The third-order valence-corrected chi connectivity index (χ3v) is 2.31. The van der Waals surface area contributed by atoms with E-state index >= 15 is 0 Å². The Morgan fingerprint density at radius 3 is 3.07 bits per heavy atom. The highest BCUT2D eigenvalue weighted by atomic mass is 16.3. The van der Waals surface area contributed by atoms with Gasteiger partial charge in [-0.3, -0.25) is 4.98 Å². The van der Waals surface area contributed by atoms with Crippen LogP contribution in [0.3, 0.4) is 0 Å². The van der Waals surface area contributed by atoms with Crippen molar-refractivity contribution in [3.05, 3.63) is 30.2 Å². The maximum Gasteiger partial charge on any atom is 0.0833 e. The first kappa shape index (κ1) is 9.18. The first-order chi connectivity index (χ1) is 6.86. The Balaban J connectivity index is 2.61. The van der Waals surface area contributed by atoms with Gasteiger partial charge in [-0.2, -0.15) is 0 Å². The molecule has 14 heavy (non-hydrogen) atoms. The van der Waals surface area contributed by atoms with Crippen LogP contribution in [0.2, 0.25) is 0 Å². The normalized spacial score (nSPS) is 11.0. The van der Waals surface area contributed by atoms with Gasteiger partial charge in [0.25, 0.3) is 0 Å². The molecule has 0 amide bonds. The van der Waals surface area contributed by atoms with Crippen LogP contribution in [-0.2, 0) is 13.2 Å². The Morgan fingerprint density at radius 2 is 2.36 bits per heavy atom. The highest BCUT2D eigenvalue weighted by molar-refractivity contribution is 5.80. The molecule has 2 heterocycles. The fraction of sp³-hybridized carbons (Fsp3) is 0.300. The van der Waals surface area contributed by atoms with Gasteiger partial charge in [-0.1, -0.05) is 0 Å². The average Bonchev–Trinajstić information content (AvgIpc) is 2.58. The van der Waals surface area contributed by atoms with Gasteiger partial charge in [0.15, 0.2) is 0 Å². The van der Waals surface area contributed by atoms with Gasteiger partial charge in [-0.05, 0) is 12.1 Å². The number of aliphatic hydroxyl groups is 1. The van der Waals surface area contributed by atoms with Gasteiger partial charge in [0.05, 0.1) is 18.3 Å². The summed E-state index contributed by atoms with van der Waals surface area (Å²) in [4.78, 5) is 4.06. The zero-order chi connectivity index (χ0) is 9.97. The van der Waals surface area contributed by atoms with Crippen molar-refractivity contribution < 1.29 is 5.11 Å². The lowest BCUT2D eigenvalue weighted by Crippen LogP contribution is -2.12. The molecular formula is C10H13N3O. The highest BCUT2D eigenvalue weighted by Crippen LogP contribution is 2.18. The standard InChI is InChI=1S/C10H13N3O/c11-2-4-13-9(7-14)5-8-1-3-12-6-10(8)13/h1,3,5-6,14H,2,4,7,11H2. The minimum Gasteiger partial charge on any atom is -0.390 e. The summed E-state index contributed by atoms with van der Waals surface area (Å²) in [5.74, 6) is 0. The fourth-order valence-electron chi connectivity index (χ4n) is 1.68. The van der Waals surface area contributed by atoms with E-state index in [2.05, 4.69) is 4.98 Å². The second-order valence-electron chi connectivity index (χ2n) is 3.17. The summed E-state index contributed by atoms with van der Waals surface area (Å²) in [7, 11) is 0. The molecule has 0 saturated carbocycles. The van der Waals surface area contributed by atoms with Gasteiger partial charge in [0.2, 0.25) is 0 Å². The zero-order valence-corrected chi connectivity index (χ0v) is 7.85. The monoisotopic (exact) mass is 191 g/mol. The van der Waals surface area contributed by atoms with Crippen molar-refractivity contribution in [3.8, 4) is 0 Å². The van der Waals surface area contributed by atoms with Crippen LogP contribution in [0.4, 0.5) is 0 Å². The second-order valence-corrected chi connectivity index (χ2v) is 3.17. The average molecular weight is 191 g/mol. The Labute approximate surface area is 82.0 Å². The Bertz CT molecular complexity index is 436. The SMILES string of the molecule is NCCn1c(CO)cc2ccncc21. The van der Waals surface area contributed by atoms with Crippen LogP contribution in [0, 0.1) is 0 Å². The van der Waals surface area contributed by atoms with Crippen molar-refractivity contribution in [1.29, 1.82) is 0 Å². The molecule has 0 fully saturated rings. The Kier molecular flexibility index (Phi) is 2.47. The molecule has 0 spiro atoms. The summed E-state index contributed by atoms with van der Waals surface area (Å²) in [5.41, 5.74) is 7.43. The molecule has 74 valence electrons. The van der Waals surface area contributed by atoms with Gasteiger partial charge in [-0.15, -0.1) is 0 Å². The van der Waals surface area contributed by atoms with E-state index < -0.39 is 0 Å².